The molecule has 0 aromatic carbocycles. The van der Waals surface area contributed by atoms with Crippen LogP contribution in [0.3, 0.4) is 0 Å². The van der Waals surface area contributed by atoms with Crippen LogP contribution in [0.15, 0.2) is 12.3 Å². The van der Waals surface area contributed by atoms with E-state index in [0.717, 1.165) is 25.1 Å². The minimum Gasteiger partial charge on any atom is -0.480 e. The van der Waals surface area contributed by atoms with Gasteiger partial charge in [-0.3, -0.25) is 9.69 Å². The zero-order chi connectivity index (χ0) is 13.8. The number of carboxylic acids is 1. The van der Waals surface area contributed by atoms with Crippen molar-refractivity contribution < 1.29 is 9.90 Å². The third-order valence-electron chi connectivity index (χ3n) is 3.50. The summed E-state index contributed by atoms with van der Waals surface area (Å²) in [6, 6.07) is 2.55. The number of aromatic nitrogens is 2. The van der Waals surface area contributed by atoms with Gasteiger partial charge in [0.2, 0.25) is 5.95 Å². The molecule has 0 atom stereocenters. The summed E-state index contributed by atoms with van der Waals surface area (Å²) in [5.74, 6) is -0.106. The van der Waals surface area contributed by atoms with Crippen molar-refractivity contribution in [2.75, 3.05) is 18.4 Å². The maximum atomic E-state index is 10.7. The Hall–Kier alpha value is -1.69. The lowest BCUT2D eigenvalue weighted by molar-refractivity contribution is -0.139. The predicted molar refractivity (Wildman–Crippen MR) is 72.1 cm³/mol. The van der Waals surface area contributed by atoms with Gasteiger partial charge in [-0.2, -0.15) is 0 Å². The second-order valence-corrected chi connectivity index (χ2v) is 4.94. The van der Waals surface area contributed by atoms with Gasteiger partial charge in [-0.1, -0.05) is 6.92 Å². The average Bonchev–Trinajstić information content (AvgIpc) is 2.30. The Morgan fingerprint density at radius 1 is 1.58 bits per heavy atom. The molecule has 2 N–H and O–H groups in total. The monoisotopic (exact) mass is 264 g/mol. The molecular formula is C13H20N4O2. The van der Waals surface area contributed by atoms with E-state index in [4.69, 9.17) is 5.11 Å². The molecule has 104 valence electrons. The van der Waals surface area contributed by atoms with Gasteiger partial charge in [0.25, 0.3) is 0 Å². The van der Waals surface area contributed by atoms with E-state index < -0.39 is 5.97 Å². The highest BCUT2D eigenvalue weighted by molar-refractivity contribution is 5.69. The first-order chi connectivity index (χ1) is 9.08. The summed E-state index contributed by atoms with van der Waals surface area (Å²) >= 11 is 0. The number of rotatable bonds is 6. The summed E-state index contributed by atoms with van der Waals surface area (Å²) in [7, 11) is 0. The molecule has 6 nitrogen and oxygen atoms in total. The Bertz CT molecular complexity index is 446. The van der Waals surface area contributed by atoms with Gasteiger partial charge in [-0.05, 0) is 32.4 Å². The molecule has 0 unspecified atom stereocenters. The largest absolute Gasteiger partial charge is 0.480 e. The summed E-state index contributed by atoms with van der Waals surface area (Å²) in [5, 5.41) is 12.1. The molecule has 0 spiro atoms. The fourth-order valence-electron chi connectivity index (χ4n) is 2.38. The van der Waals surface area contributed by atoms with E-state index in [1.807, 2.05) is 24.8 Å². The lowest BCUT2D eigenvalue weighted by Gasteiger charge is -2.42. The number of aryl methyl sites for hydroxylation is 1. The number of likely N-dealkylation sites (N-methyl/N-ethyl adjacent to an activating group) is 1. The van der Waals surface area contributed by atoms with E-state index in [1.165, 1.54) is 0 Å². The van der Waals surface area contributed by atoms with Gasteiger partial charge in [0, 0.05) is 24.0 Å². The molecule has 0 radical (unpaired) electrons. The summed E-state index contributed by atoms with van der Waals surface area (Å²) < 4.78 is 0. The molecular weight excluding hydrogens is 244 g/mol. The van der Waals surface area contributed by atoms with Crippen LogP contribution in [0.2, 0.25) is 0 Å². The summed E-state index contributed by atoms with van der Waals surface area (Å²) in [6.07, 6.45) is 3.63. The number of hydrogen-bond acceptors (Lipinski definition) is 5. The first-order valence-corrected chi connectivity index (χ1v) is 6.60. The van der Waals surface area contributed by atoms with Crippen LogP contribution in [0.4, 0.5) is 5.95 Å². The van der Waals surface area contributed by atoms with Gasteiger partial charge < -0.3 is 10.4 Å². The molecule has 1 saturated carbocycles. The van der Waals surface area contributed by atoms with Gasteiger partial charge in [-0.15, -0.1) is 0 Å². The van der Waals surface area contributed by atoms with Crippen LogP contribution in [-0.2, 0) is 4.79 Å². The van der Waals surface area contributed by atoms with Crippen molar-refractivity contribution >= 4 is 11.9 Å². The molecule has 6 heteroatoms. The number of carbonyl (C=O) groups is 1. The molecule has 0 bridgehead atoms. The van der Waals surface area contributed by atoms with Crippen molar-refractivity contribution in [3.63, 3.8) is 0 Å². The molecule has 0 aliphatic heterocycles. The Morgan fingerprint density at radius 3 is 2.89 bits per heavy atom. The average molecular weight is 264 g/mol. The van der Waals surface area contributed by atoms with Crippen LogP contribution in [0.5, 0.6) is 0 Å². The van der Waals surface area contributed by atoms with Crippen LogP contribution in [0, 0.1) is 6.92 Å². The normalized spacial score (nSPS) is 22.1. The standard InChI is InChI=1S/C13H20N4O2/c1-3-17(8-12(18)19)11-6-10(7-11)16-13-14-5-4-9(2)15-13/h4-5,10-11H,3,6-8H2,1-2H3,(H,18,19)(H,14,15,16). The number of nitrogens with one attached hydrogen (secondary N) is 1. The van der Waals surface area contributed by atoms with Crippen LogP contribution >= 0.6 is 0 Å². The van der Waals surface area contributed by atoms with Crippen LogP contribution in [-0.4, -0.2) is 51.1 Å². The van der Waals surface area contributed by atoms with E-state index in [1.54, 1.807) is 6.20 Å². The summed E-state index contributed by atoms with van der Waals surface area (Å²) in [5.41, 5.74) is 0.939. The molecule has 0 amide bonds. The van der Waals surface area contributed by atoms with Crippen LogP contribution in [0.1, 0.15) is 25.5 Å². The van der Waals surface area contributed by atoms with Gasteiger partial charge in [0.1, 0.15) is 0 Å². The second-order valence-electron chi connectivity index (χ2n) is 4.94. The minimum absolute atomic E-state index is 0.120. The van der Waals surface area contributed by atoms with E-state index in [0.29, 0.717) is 18.0 Å². The molecule has 0 saturated heterocycles. The van der Waals surface area contributed by atoms with Crippen LogP contribution < -0.4 is 5.32 Å². The van der Waals surface area contributed by atoms with Crippen molar-refractivity contribution in [3.8, 4) is 0 Å². The zero-order valence-electron chi connectivity index (χ0n) is 11.3. The van der Waals surface area contributed by atoms with Crippen molar-refractivity contribution in [1.82, 2.24) is 14.9 Å². The fourth-order valence-corrected chi connectivity index (χ4v) is 2.38. The third kappa shape index (κ3) is 3.64. The molecule has 1 aromatic rings. The molecule has 2 rings (SSSR count). The SMILES string of the molecule is CCN(CC(=O)O)C1CC(Nc2nccc(C)n2)C1. The topological polar surface area (TPSA) is 78.4 Å². The second kappa shape index (κ2) is 5.97. The van der Waals surface area contributed by atoms with E-state index in [-0.39, 0.29) is 6.54 Å². The molecule has 1 fully saturated rings. The van der Waals surface area contributed by atoms with Gasteiger partial charge in [-0.25, -0.2) is 9.97 Å². The Balaban J connectivity index is 1.81. The molecule has 1 heterocycles. The summed E-state index contributed by atoms with van der Waals surface area (Å²) in [6.45, 7) is 4.81. The highest BCUT2D eigenvalue weighted by atomic mass is 16.4. The van der Waals surface area contributed by atoms with E-state index in [9.17, 15) is 4.79 Å². The zero-order valence-corrected chi connectivity index (χ0v) is 11.3. The van der Waals surface area contributed by atoms with Crippen molar-refractivity contribution in [3.05, 3.63) is 18.0 Å². The maximum absolute atomic E-state index is 10.7. The predicted octanol–water partition coefficient (Wildman–Crippen LogP) is 1.13. The van der Waals surface area contributed by atoms with Crippen molar-refractivity contribution in [2.24, 2.45) is 0 Å². The van der Waals surface area contributed by atoms with Crippen molar-refractivity contribution in [1.29, 1.82) is 0 Å². The van der Waals surface area contributed by atoms with Gasteiger partial charge >= 0.3 is 5.97 Å². The smallest absolute Gasteiger partial charge is 0.317 e. The van der Waals surface area contributed by atoms with E-state index in [2.05, 4.69) is 15.3 Å². The molecule has 1 aromatic heterocycles. The highest BCUT2D eigenvalue weighted by Crippen LogP contribution is 2.27. The number of aliphatic carboxylic acids is 1. The Labute approximate surface area is 112 Å². The lowest BCUT2D eigenvalue weighted by atomic mass is 9.85. The number of nitrogens with zero attached hydrogens (tertiary/aromatic N) is 3. The lowest BCUT2D eigenvalue weighted by Crippen LogP contribution is -2.51. The van der Waals surface area contributed by atoms with Gasteiger partial charge in [0.05, 0.1) is 6.54 Å². The molecule has 1 aliphatic rings. The Kier molecular flexibility index (Phi) is 4.31. The number of carboxylic acid groups (broad SMARTS) is 1. The molecule has 19 heavy (non-hydrogen) atoms. The maximum Gasteiger partial charge on any atom is 0.317 e. The first-order valence-electron chi connectivity index (χ1n) is 6.60. The quantitative estimate of drug-likeness (QED) is 0.802. The fraction of sp³-hybridized carbons (Fsp3) is 0.615. The third-order valence-corrected chi connectivity index (χ3v) is 3.50. The van der Waals surface area contributed by atoms with E-state index >= 15 is 0 Å². The summed E-state index contributed by atoms with van der Waals surface area (Å²) in [4.78, 5) is 21.2. The van der Waals surface area contributed by atoms with Crippen molar-refractivity contribution in [2.45, 2.75) is 38.8 Å². The highest BCUT2D eigenvalue weighted by Gasteiger charge is 2.34. The number of anilines is 1. The van der Waals surface area contributed by atoms with Gasteiger partial charge in [0.15, 0.2) is 0 Å². The minimum atomic E-state index is -0.764. The Morgan fingerprint density at radius 2 is 2.32 bits per heavy atom. The first kappa shape index (κ1) is 13.7. The number of hydrogen-bond donors (Lipinski definition) is 2. The molecule has 1 aliphatic carbocycles. The van der Waals surface area contributed by atoms with Crippen LogP contribution in [0.25, 0.3) is 0 Å².